The Bertz CT molecular complexity index is 598. The van der Waals surface area contributed by atoms with Crippen LogP contribution in [0.15, 0.2) is 30.6 Å². The van der Waals surface area contributed by atoms with Crippen LogP contribution in [0.1, 0.15) is 31.0 Å². The summed E-state index contributed by atoms with van der Waals surface area (Å²) in [7, 11) is 1.98. The fourth-order valence-corrected chi connectivity index (χ4v) is 2.12. The van der Waals surface area contributed by atoms with Crippen LogP contribution in [-0.2, 0) is 6.54 Å². The molecule has 0 amide bonds. The Morgan fingerprint density at radius 1 is 1.25 bits per heavy atom. The zero-order valence-electron chi connectivity index (χ0n) is 12.0. The van der Waals surface area contributed by atoms with E-state index in [1.54, 1.807) is 12.4 Å². The van der Waals surface area contributed by atoms with Crippen molar-refractivity contribution in [3.63, 3.8) is 0 Å². The molecule has 0 unspecified atom stereocenters. The normalized spacial score (nSPS) is 10.8. The molecule has 0 saturated carbocycles. The van der Waals surface area contributed by atoms with E-state index in [2.05, 4.69) is 23.8 Å². The minimum atomic E-state index is 0.376. The van der Waals surface area contributed by atoms with E-state index in [0.717, 1.165) is 17.1 Å². The van der Waals surface area contributed by atoms with Gasteiger partial charge < -0.3 is 10.6 Å². The zero-order valence-corrected chi connectivity index (χ0v) is 12.7. The van der Waals surface area contributed by atoms with Crippen LogP contribution in [0, 0.1) is 0 Å². The molecule has 1 aromatic carbocycles. The second-order valence-corrected chi connectivity index (χ2v) is 5.57. The Hall–Kier alpha value is -1.81. The lowest BCUT2D eigenvalue weighted by Crippen LogP contribution is -2.18. The Labute approximate surface area is 124 Å². The fourth-order valence-electron chi connectivity index (χ4n) is 1.94. The lowest BCUT2D eigenvalue weighted by atomic mass is 10.1. The second-order valence-electron chi connectivity index (χ2n) is 5.16. The van der Waals surface area contributed by atoms with Crippen LogP contribution in [0.25, 0.3) is 0 Å². The van der Waals surface area contributed by atoms with Gasteiger partial charge in [0, 0.05) is 36.1 Å². The number of anilines is 2. The highest BCUT2D eigenvalue weighted by molar-refractivity contribution is 6.31. The van der Waals surface area contributed by atoms with Crippen LogP contribution in [0.3, 0.4) is 0 Å². The molecule has 1 aromatic heterocycles. The molecule has 0 fully saturated rings. The van der Waals surface area contributed by atoms with Gasteiger partial charge in [-0.3, -0.25) is 0 Å². The minimum absolute atomic E-state index is 0.376. The first-order valence-corrected chi connectivity index (χ1v) is 6.92. The molecular weight excluding hydrogens is 272 g/mol. The van der Waals surface area contributed by atoms with Gasteiger partial charge in [-0.25, -0.2) is 9.97 Å². The number of hydrogen-bond donors (Lipinski definition) is 1. The van der Waals surface area contributed by atoms with Gasteiger partial charge in [0.25, 0.3) is 0 Å². The van der Waals surface area contributed by atoms with E-state index in [1.807, 2.05) is 30.1 Å². The van der Waals surface area contributed by atoms with Crippen LogP contribution < -0.4 is 10.6 Å². The molecule has 0 atom stereocenters. The van der Waals surface area contributed by atoms with Crippen LogP contribution in [0.4, 0.5) is 11.5 Å². The standard InChI is InChI=1S/C15H19ClN4/c1-10(2)14-7-15(19-9-18-14)20(3)8-11-6-12(17)4-5-13(11)16/h4-7,9-10H,8,17H2,1-3H3. The number of benzene rings is 1. The van der Waals surface area contributed by atoms with Crippen molar-refractivity contribution in [2.24, 2.45) is 0 Å². The predicted octanol–water partition coefficient (Wildman–Crippen LogP) is 3.47. The van der Waals surface area contributed by atoms with Gasteiger partial charge in [0.2, 0.25) is 0 Å². The van der Waals surface area contributed by atoms with Crippen molar-refractivity contribution >= 4 is 23.1 Å². The number of hydrogen-bond acceptors (Lipinski definition) is 4. The summed E-state index contributed by atoms with van der Waals surface area (Å²) >= 11 is 6.19. The molecule has 5 heteroatoms. The third-order valence-electron chi connectivity index (χ3n) is 3.13. The Kier molecular flexibility index (Phi) is 4.45. The molecule has 106 valence electrons. The molecule has 0 radical (unpaired) electrons. The van der Waals surface area contributed by atoms with Gasteiger partial charge in [-0.2, -0.15) is 0 Å². The van der Waals surface area contributed by atoms with Crippen LogP contribution in [-0.4, -0.2) is 17.0 Å². The van der Waals surface area contributed by atoms with Crippen molar-refractivity contribution in [2.75, 3.05) is 17.7 Å². The van der Waals surface area contributed by atoms with Crippen molar-refractivity contribution in [1.29, 1.82) is 0 Å². The quantitative estimate of drug-likeness (QED) is 0.876. The SMILES string of the molecule is CC(C)c1cc(N(C)Cc2cc(N)ccc2Cl)ncn1. The topological polar surface area (TPSA) is 55.0 Å². The van der Waals surface area contributed by atoms with E-state index in [1.165, 1.54) is 0 Å². The summed E-state index contributed by atoms with van der Waals surface area (Å²) in [5.41, 5.74) is 8.53. The number of nitrogen functional groups attached to an aromatic ring is 1. The summed E-state index contributed by atoms with van der Waals surface area (Å²) in [4.78, 5) is 10.6. The number of rotatable bonds is 4. The van der Waals surface area contributed by atoms with Gasteiger partial charge >= 0.3 is 0 Å². The highest BCUT2D eigenvalue weighted by Gasteiger charge is 2.09. The van der Waals surface area contributed by atoms with Gasteiger partial charge in [-0.1, -0.05) is 25.4 Å². The molecule has 20 heavy (non-hydrogen) atoms. The van der Waals surface area contributed by atoms with Crippen molar-refractivity contribution in [3.8, 4) is 0 Å². The van der Waals surface area contributed by atoms with Gasteiger partial charge in [-0.15, -0.1) is 0 Å². The average molecular weight is 291 g/mol. The molecule has 4 nitrogen and oxygen atoms in total. The summed E-state index contributed by atoms with van der Waals surface area (Å²) in [5, 5.41) is 0.712. The smallest absolute Gasteiger partial charge is 0.132 e. The van der Waals surface area contributed by atoms with Crippen molar-refractivity contribution in [2.45, 2.75) is 26.3 Å². The molecule has 0 aliphatic carbocycles. The van der Waals surface area contributed by atoms with E-state index < -0.39 is 0 Å². The number of aromatic nitrogens is 2. The van der Waals surface area contributed by atoms with Gasteiger partial charge in [0.05, 0.1) is 0 Å². The van der Waals surface area contributed by atoms with E-state index in [-0.39, 0.29) is 0 Å². The van der Waals surface area contributed by atoms with E-state index in [9.17, 15) is 0 Å². The minimum Gasteiger partial charge on any atom is -0.399 e. The Morgan fingerprint density at radius 3 is 2.70 bits per heavy atom. The predicted molar refractivity (Wildman–Crippen MR) is 84.1 cm³/mol. The molecule has 0 saturated heterocycles. The van der Waals surface area contributed by atoms with Gasteiger partial charge in [-0.05, 0) is 29.7 Å². The first-order chi connectivity index (χ1) is 9.47. The molecule has 0 spiro atoms. The Balaban J connectivity index is 2.21. The average Bonchev–Trinajstić information content (AvgIpc) is 2.43. The monoisotopic (exact) mass is 290 g/mol. The Morgan fingerprint density at radius 2 is 2.00 bits per heavy atom. The van der Waals surface area contributed by atoms with Crippen molar-refractivity contribution < 1.29 is 0 Å². The van der Waals surface area contributed by atoms with E-state index in [4.69, 9.17) is 17.3 Å². The highest BCUT2D eigenvalue weighted by atomic mass is 35.5. The highest BCUT2D eigenvalue weighted by Crippen LogP contribution is 2.23. The number of nitrogens with two attached hydrogens (primary N) is 1. The summed E-state index contributed by atoms with van der Waals surface area (Å²) in [5.74, 6) is 1.25. The molecule has 0 aliphatic heterocycles. The lowest BCUT2D eigenvalue weighted by Gasteiger charge is -2.20. The largest absolute Gasteiger partial charge is 0.399 e. The summed E-state index contributed by atoms with van der Waals surface area (Å²) < 4.78 is 0. The van der Waals surface area contributed by atoms with Crippen LogP contribution in [0.5, 0.6) is 0 Å². The number of nitrogens with zero attached hydrogens (tertiary/aromatic N) is 3. The summed E-state index contributed by atoms with van der Waals surface area (Å²) in [6.07, 6.45) is 1.60. The van der Waals surface area contributed by atoms with E-state index in [0.29, 0.717) is 23.2 Å². The molecule has 0 aliphatic rings. The summed E-state index contributed by atoms with van der Waals surface area (Å²) in [6, 6.07) is 7.52. The van der Waals surface area contributed by atoms with Crippen molar-refractivity contribution in [3.05, 3.63) is 46.9 Å². The molecule has 2 aromatic rings. The van der Waals surface area contributed by atoms with Crippen LogP contribution in [0.2, 0.25) is 5.02 Å². The second kappa shape index (κ2) is 6.09. The first kappa shape index (κ1) is 14.6. The molecule has 2 N–H and O–H groups in total. The first-order valence-electron chi connectivity index (χ1n) is 6.54. The van der Waals surface area contributed by atoms with Crippen molar-refractivity contribution in [1.82, 2.24) is 9.97 Å². The molecular formula is C15H19ClN4. The third kappa shape index (κ3) is 3.39. The van der Waals surface area contributed by atoms with Gasteiger partial charge in [0.15, 0.2) is 0 Å². The maximum absolute atomic E-state index is 6.19. The van der Waals surface area contributed by atoms with Gasteiger partial charge in [0.1, 0.15) is 12.1 Å². The third-order valence-corrected chi connectivity index (χ3v) is 3.50. The van der Waals surface area contributed by atoms with E-state index >= 15 is 0 Å². The summed E-state index contributed by atoms with van der Waals surface area (Å²) in [6.45, 7) is 4.88. The molecule has 0 bridgehead atoms. The fraction of sp³-hybridized carbons (Fsp3) is 0.333. The maximum Gasteiger partial charge on any atom is 0.132 e. The maximum atomic E-state index is 6.19. The molecule has 1 heterocycles. The number of halogens is 1. The molecule has 2 rings (SSSR count). The zero-order chi connectivity index (χ0) is 14.7. The van der Waals surface area contributed by atoms with Crippen LogP contribution >= 0.6 is 11.6 Å². The lowest BCUT2D eigenvalue weighted by molar-refractivity contribution is 0.802.